The summed E-state index contributed by atoms with van der Waals surface area (Å²) in [6.07, 6.45) is 6.90. The van der Waals surface area contributed by atoms with E-state index in [1.54, 1.807) is 6.20 Å². The standard InChI is InChI=1S/C19H23ClN2O/c1-19(2,3)15-12-13(16-10-11-21-18(20)22-16)8-9-17(15)23-14-6-4-5-7-14/h8-12,14H,4-7H2,1-3H3. The Morgan fingerprint density at radius 2 is 1.87 bits per heavy atom. The Bertz CT molecular complexity index is 688. The van der Waals surface area contributed by atoms with E-state index in [-0.39, 0.29) is 10.7 Å². The summed E-state index contributed by atoms with van der Waals surface area (Å²) in [6, 6.07) is 8.18. The van der Waals surface area contributed by atoms with Crippen molar-refractivity contribution in [3.8, 4) is 17.0 Å². The third-order valence-electron chi connectivity index (χ3n) is 4.31. The van der Waals surface area contributed by atoms with Gasteiger partial charge in [-0.25, -0.2) is 9.97 Å². The van der Waals surface area contributed by atoms with Crippen LogP contribution in [0.25, 0.3) is 11.3 Å². The van der Waals surface area contributed by atoms with Crippen molar-refractivity contribution >= 4 is 11.6 Å². The van der Waals surface area contributed by atoms with Gasteiger partial charge in [0.25, 0.3) is 0 Å². The third-order valence-corrected chi connectivity index (χ3v) is 4.49. The van der Waals surface area contributed by atoms with Gasteiger partial charge in [0.1, 0.15) is 5.75 Å². The maximum Gasteiger partial charge on any atom is 0.222 e. The molecule has 1 aliphatic rings. The van der Waals surface area contributed by atoms with Gasteiger partial charge in [-0.3, -0.25) is 0 Å². The number of ether oxygens (including phenoxy) is 1. The van der Waals surface area contributed by atoms with Crippen molar-refractivity contribution in [1.82, 2.24) is 9.97 Å². The van der Waals surface area contributed by atoms with Crippen LogP contribution in [0.2, 0.25) is 5.28 Å². The Morgan fingerprint density at radius 3 is 2.52 bits per heavy atom. The molecule has 122 valence electrons. The largest absolute Gasteiger partial charge is 0.490 e. The van der Waals surface area contributed by atoms with Crippen molar-refractivity contribution in [1.29, 1.82) is 0 Å². The fourth-order valence-corrected chi connectivity index (χ4v) is 3.21. The number of hydrogen-bond donors (Lipinski definition) is 0. The highest BCUT2D eigenvalue weighted by atomic mass is 35.5. The summed E-state index contributed by atoms with van der Waals surface area (Å²) in [5.74, 6) is 0.994. The van der Waals surface area contributed by atoms with Crippen LogP contribution < -0.4 is 4.74 Å². The fraction of sp³-hybridized carbons (Fsp3) is 0.474. The Hall–Kier alpha value is -1.61. The normalized spacial score (nSPS) is 15.8. The molecule has 0 radical (unpaired) electrons. The molecule has 0 unspecified atom stereocenters. The van der Waals surface area contributed by atoms with Gasteiger partial charge in [-0.05, 0) is 67.0 Å². The van der Waals surface area contributed by atoms with E-state index in [2.05, 4.69) is 48.9 Å². The smallest absolute Gasteiger partial charge is 0.222 e. The van der Waals surface area contributed by atoms with Crippen LogP contribution in [0.15, 0.2) is 30.5 Å². The van der Waals surface area contributed by atoms with Gasteiger partial charge < -0.3 is 4.74 Å². The van der Waals surface area contributed by atoms with E-state index in [1.807, 2.05) is 6.07 Å². The van der Waals surface area contributed by atoms with Gasteiger partial charge >= 0.3 is 0 Å². The second-order valence-corrected chi connectivity index (χ2v) is 7.53. The first-order valence-electron chi connectivity index (χ1n) is 8.23. The van der Waals surface area contributed by atoms with E-state index in [0.29, 0.717) is 6.10 Å². The average Bonchev–Trinajstić information content (AvgIpc) is 2.99. The quantitative estimate of drug-likeness (QED) is 0.705. The van der Waals surface area contributed by atoms with Crippen LogP contribution in [0.1, 0.15) is 52.0 Å². The zero-order valence-electron chi connectivity index (χ0n) is 14.0. The lowest BCUT2D eigenvalue weighted by atomic mass is 9.85. The van der Waals surface area contributed by atoms with Crippen LogP contribution in [0, 0.1) is 0 Å². The van der Waals surface area contributed by atoms with Crippen molar-refractivity contribution in [2.24, 2.45) is 0 Å². The molecule has 0 amide bonds. The molecule has 0 bridgehead atoms. The summed E-state index contributed by atoms with van der Waals surface area (Å²) < 4.78 is 6.29. The van der Waals surface area contributed by atoms with Crippen molar-refractivity contribution < 1.29 is 4.74 Å². The zero-order valence-corrected chi connectivity index (χ0v) is 14.7. The fourth-order valence-electron chi connectivity index (χ4n) is 3.06. The summed E-state index contributed by atoms with van der Waals surface area (Å²) >= 11 is 5.92. The summed E-state index contributed by atoms with van der Waals surface area (Å²) in [5.41, 5.74) is 3.08. The minimum Gasteiger partial charge on any atom is -0.490 e. The maximum absolute atomic E-state index is 6.29. The number of halogens is 1. The van der Waals surface area contributed by atoms with Gasteiger partial charge in [-0.15, -0.1) is 0 Å². The lowest BCUT2D eigenvalue weighted by Crippen LogP contribution is -2.18. The molecule has 1 fully saturated rings. The molecule has 1 aliphatic carbocycles. The molecule has 2 aromatic rings. The molecule has 0 N–H and O–H groups in total. The van der Waals surface area contributed by atoms with Crippen molar-refractivity contribution in [3.05, 3.63) is 41.3 Å². The van der Waals surface area contributed by atoms with Crippen LogP contribution in [-0.2, 0) is 5.41 Å². The van der Waals surface area contributed by atoms with Gasteiger partial charge in [0.05, 0.1) is 11.8 Å². The highest BCUT2D eigenvalue weighted by Crippen LogP contribution is 2.36. The van der Waals surface area contributed by atoms with Crippen LogP contribution in [0.3, 0.4) is 0 Å². The summed E-state index contributed by atoms with van der Waals surface area (Å²) in [4.78, 5) is 8.27. The molecule has 0 spiro atoms. The average molecular weight is 331 g/mol. The molecule has 0 aliphatic heterocycles. The highest BCUT2D eigenvalue weighted by molar-refractivity contribution is 6.28. The van der Waals surface area contributed by atoms with E-state index < -0.39 is 0 Å². The zero-order chi connectivity index (χ0) is 16.4. The van der Waals surface area contributed by atoms with E-state index >= 15 is 0 Å². The lowest BCUT2D eigenvalue weighted by molar-refractivity contribution is 0.205. The van der Waals surface area contributed by atoms with Gasteiger partial charge in [-0.2, -0.15) is 0 Å². The summed E-state index contributed by atoms with van der Waals surface area (Å²) in [5, 5.41) is 0.270. The lowest BCUT2D eigenvalue weighted by Gasteiger charge is -2.25. The predicted molar refractivity (Wildman–Crippen MR) is 94.1 cm³/mol. The molecule has 0 atom stereocenters. The molecule has 3 rings (SSSR count). The number of aromatic nitrogens is 2. The second kappa shape index (κ2) is 6.48. The molecular formula is C19H23ClN2O. The number of hydrogen-bond acceptors (Lipinski definition) is 3. The van der Waals surface area contributed by atoms with Gasteiger partial charge in [0, 0.05) is 17.3 Å². The van der Waals surface area contributed by atoms with E-state index in [9.17, 15) is 0 Å². The molecule has 0 saturated heterocycles. The molecule has 23 heavy (non-hydrogen) atoms. The maximum atomic E-state index is 6.29. The monoisotopic (exact) mass is 330 g/mol. The Balaban J connectivity index is 1.98. The van der Waals surface area contributed by atoms with Crippen LogP contribution >= 0.6 is 11.6 Å². The Labute approximate surface area is 143 Å². The molecule has 1 heterocycles. The first-order chi connectivity index (χ1) is 10.9. The highest BCUT2D eigenvalue weighted by Gasteiger charge is 2.23. The number of rotatable bonds is 3. The summed E-state index contributed by atoms with van der Waals surface area (Å²) in [6.45, 7) is 6.63. The van der Waals surface area contributed by atoms with E-state index in [4.69, 9.17) is 16.3 Å². The molecule has 1 aromatic carbocycles. The molecular weight excluding hydrogens is 308 g/mol. The number of benzene rings is 1. The van der Waals surface area contributed by atoms with Crippen molar-refractivity contribution in [2.75, 3.05) is 0 Å². The summed E-state index contributed by atoms with van der Waals surface area (Å²) in [7, 11) is 0. The minimum absolute atomic E-state index is 0.000766. The minimum atomic E-state index is 0.000766. The van der Waals surface area contributed by atoms with Gasteiger partial charge in [0.2, 0.25) is 5.28 Å². The topological polar surface area (TPSA) is 35.0 Å². The Kier molecular flexibility index (Phi) is 4.58. The second-order valence-electron chi connectivity index (χ2n) is 7.20. The van der Waals surface area contributed by atoms with Crippen molar-refractivity contribution in [2.45, 2.75) is 58.0 Å². The first kappa shape index (κ1) is 16.3. The van der Waals surface area contributed by atoms with Crippen LogP contribution in [-0.4, -0.2) is 16.1 Å². The Morgan fingerprint density at radius 1 is 1.13 bits per heavy atom. The number of nitrogens with zero attached hydrogens (tertiary/aromatic N) is 2. The van der Waals surface area contributed by atoms with E-state index in [0.717, 1.165) is 29.8 Å². The molecule has 1 aromatic heterocycles. The first-order valence-corrected chi connectivity index (χ1v) is 8.61. The molecule has 4 heteroatoms. The van der Waals surface area contributed by atoms with Gasteiger partial charge in [0.15, 0.2) is 0 Å². The molecule has 3 nitrogen and oxygen atoms in total. The van der Waals surface area contributed by atoms with Gasteiger partial charge in [-0.1, -0.05) is 20.8 Å². The molecule has 1 saturated carbocycles. The third kappa shape index (κ3) is 3.84. The van der Waals surface area contributed by atoms with Crippen LogP contribution in [0.4, 0.5) is 0 Å². The van der Waals surface area contributed by atoms with E-state index in [1.165, 1.54) is 18.4 Å². The SMILES string of the molecule is CC(C)(C)c1cc(-c2ccnc(Cl)n2)ccc1OC1CCCC1. The van der Waals surface area contributed by atoms with Crippen LogP contribution in [0.5, 0.6) is 5.75 Å². The predicted octanol–water partition coefficient (Wildman–Crippen LogP) is 5.42. The van der Waals surface area contributed by atoms with Crippen molar-refractivity contribution in [3.63, 3.8) is 0 Å².